The Morgan fingerprint density at radius 2 is 2.09 bits per heavy atom. The molecule has 0 spiro atoms. The number of benzene rings is 1. The lowest BCUT2D eigenvalue weighted by atomic mass is 10.1. The van der Waals surface area contributed by atoms with Gasteiger partial charge < -0.3 is 10.3 Å². The van der Waals surface area contributed by atoms with Gasteiger partial charge in [0, 0.05) is 24.3 Å². The predicted octanol–water partition coefficient (Wildman–Crippen LogP) is 4.34. The van der Waals surface area contributed by atoms with Crippen molar-refractivity contribution in [2.75, 3.05) is 11.9 Å². The van der Waals surface area contributed by atoms with Gasteiger partial charge in [-0.05, 0) is 40.9 Å². The van der Waals surface area contributed by atoms with Crippen LogP contribution in [0.4, 0.5) is 5.82 Å². The van der Waals surface area contributed by atoms with E-state index in [-0.39, 0.29) is 0 Å². The van der Waals surface area contributed by atoms with E-state index < -0.39 is 0 Å². The van der Waals surface area contributed by atoms with Gasteiger partial charge in [0.15, 0.2) is 0 Å². The third-order valence-corrected chi connectivity index (χ3v) is 4.67. The van der Waals surface area contributed by atoms with Crippen LogP contribution in [0.2, 0.25) is 0 Å². The van der Waals surface area contributed by atoms with E-state index in [0.717, 1.165) is 29.4 Å². The molecule has 0 aliphatic carbocycles. The molecule has 0 unspecified atom stereocenters. The summed E-state index contributed by atoms with van der Waals surface area (Å²) in [6, 6.07) is 14.7. The molecule has 114 valence electrons. The summed E-state index contributed by atoms with van der Waals surface area (Å²) in [5.74, 6) is 0.865. The quantitative estimate of drug-likeness (QED) is 0.575. The second kappa shape index (κ2) is 6.22. The number of H-pyrrole nitrogens is 1. The van der Waals surface area contributed by atoms with Crippen molar-refractivity contribution in [3.05, 3.63) is 65.9 Å². The first-order valence-electron chi connectivity index (χ1n) is 7.54. The lowest BCUT2D eigenvalue weighted by molar-refractivity contribution is 1.00. The molecule has 2 N–H and O–H groups in total. The summed E-state index contributed by atoms with van der Waals surface area (Å²) in [6.45, 7) is 0.840. The first-order chi connectivity index (χ1) is 11.4. The molecule has 1 aromatic carbocycles. The maximum absolute atomic E-state index is 4.33. The predicted molar refractivity (Wildman–Crippen MR) is 95.8 cm³/mol. The van der Waals surface area contributed by atoms with E-state index in [4.69, 9.17) is 0 Å². The van der Waals surface area contributed by atoms with Crippen LogP contribution in [0.3, 0.4) is 0 Å². The number of nitrogens with zero attached hydrogens (tertiary/aromatic N) is 2. The van der Waals surface area contributed by atoms with Gasteiger partial charge in [-0.15, -0.1) is 11.3 Å². The molecule has 0 saturated heterocycles. The van der Waals surface area contributed by atoms with Gasteiger partial charge in [0.25, 0.3) is 0 Å². The topological polar surface area (TPSA) is 53.6 Å². The first-order valence-corrected chi connectivity index (χ1v) is 8.42. The van der Waals surface area contributed by atoms with Crippen LogP contribution in [0.15, 0.2) is 60.4 Å². The summed E-state index contributed by atoms with van der Waals surface area (Å²) in [5, 5.41) is 6.69. The molecule has 5 heteroatoms. The molecule has 3 aromatic heterocycles. The van der Waals surface area contributed by atoms with Crippen molar-refractivity contribution in [2.24, 2.45) is 0 Å². The summed E-state index contributed by atoms with van der Waals surface area (Å²) in [7, 11) is 0. The minimum atomic E-state index is 0.840. The van der Waals surface area contributed by atoms with Crippen LogP contribution in [-0.4, -0.2) is 21.5 Å². The van der Waals surface area contributed by atoms with Crippen LogP contribution in [0.5, 0.6) is 0 Å². The van der Waals surface area contributed by atoms with Gasteiger partial charge in [0.1, 0.15) is 12.1 Å². The second-order valence-electron chi connectivity index (χ2n) is 5.34. The molecule has 4 aromatic rings. The van der Waals surface area contributed by atoms with Gasteiger partial charge in [-0.3, -0.25) is 0 Å². The summed E-state index contributed by atoms with van der Waals surface area (Å²) < 4.78 is 0. The van der Waals surface area contributed by atoms with E-state index in [1.54, 1.807) is 17.7 Å². The number of thiophene rings is 1. The fourth-order valence-electron chi connectivity index (χ4n) is 2.60. The molecule has 0 aliphatic rings. The first kappa shape index (κ1) is 14.0. The fraction of sp³-hybridized carbons (Fsp3) is 0.111. The number of aromatic amines is 1. The largest absolute Gasteiger partial charge is 0.370 e. The highest BCUT2D eigenvalue weighted by Crippen LogP contribution is 2.23. The summed E-state index contributed by atoms with van der Waals surface area (Å²) in [5.41, 5.74) is 3.45. The molecule has 23 heavy (non-hydrogen) atoms. The zero-order valence-electron chi connectivity index (χ0n) is 12.5. The second-order valence-corrected chi connectivity index (χ2v) is 6.29. The molecular weight excluding hydrogens is 304 g/mol. The average molecular weight is 320 g/mol. The maximum atomic E-state index is 4.33. The minimum Gasteiger partial charge on any atom is -0.370 e. The molecule has 0 radical (unpaired) electrons. The lowest BCUT2D eigenvalue weighted by Crippen LogP contribution is -2.06. The average Bonchev–Trinajstić information content (AvgIpc) is 3.26. The Morgan fingerprint density at radius 3 is 3.00 bits per heavy atom. The third kappa shape index (κ3) is 3.10. The molecule has 0 aliphatic heterocycles. The fourth-order valence-corrected chi connectivity index (χ4v) is 3.29. The Morgan fingerprint density at radius 1 is 1.09 bits per heavy atom. The van der Waals surface area contributed by atoms with Crippen molar-refractivity contribution >= 4 is 28.1 Å². The number of rotatable bonds is 5. The molecular formula is C18H16N4S. The van der Waals surface area contributed by atoms with Crippen molar-refractivity contribution in [1.29, 1.82) is 0 Å². The molecule has 3 heterocycles. The standard InChI is InChI=1S/C18H16N4S/c1-2-17(23-9-1)16-11-18(22-12-21-16)20-7-5-13-3-4-14-6-8-19-15(14)10-13/h1-4,6,8-12,19H,5,7H2,(H,20,21,22). The summed E-state index contributed by atoms with van der Waals surface area (Å²) in [4.78, 5) is 13.0. The van der Waals surface area contributed by atoms with Crippen LogP contribution >= 0.6 is 11.3 Å². The van der Waals surface area contributed by atoms with E-state index in [1.807, 2.05) is 18.3 Å². The van der Waals surface area contributed by atoms with Gasteiger partial charge in [0.2, 0.25) is 0 Å². The number of anilines is 1. The number of hydrogen-bond donors (Lipinski definition) is 2. The zero-order valence-corrected chi connectivity index (χ0v) is 13.3. The van der Waals surface area contributed by atoms with Gasteiger partial charge in [-0.1, -0.05) is 18.2 Å². The van der Waals surface area contributed by atoms with Crippen LogP contribution in [0, 0.1) is 0 Å². The highest BCUT2D eigenvalue weighted by molar-refractivity contribution is 7.13. The Bertz CT molecular complexity index is 912. The van der Waals surface area contributed by atoms with Crippen LogP contribution in [0.25, 0.3) is 21.5 Å². The number of hydrogen-bond acceptors (Lipinski definition) is 4. The number of nitrogens with one attached hydrogen (secondary N) is 2. The Labute approximate surface area is 138 Å². The Kier molecular flexibility index (Phi) is 3.78. The van der Waals surface area contributed by atoms with Crippen LogP contribution in [0.1, 0.15) is 5.56 Å². The molecule has 0 amide bonds. The third-order valence-electron chi connectivity index (χ3n) is 3.78. The highest BCUT2D eigenvalue weighted by atomic mass is 32.1. The molecule has 0 saturated carbocycles. The van der Waals surface area contributed by atoms with E-state index in [0.29, 0.717) is 0 Å². The monoisotopic (exact) mass is 320 g/mol. The summed E-state index contributed by atoms with van der Waals surface area (Å²) in [6.07, 6.45) is 4.54. The van der Waals surface area contributed by atoms with E-state index in [1.165, 1.54) is 16.5 Å². The molecule has 4 nitrogen and oxygen atoms in total. The van der Waals surface area contributed by atoms with E-state index in [9.17, 15) is 0 Å². The van der Waals surface area contributed by atoms with E-state index in [2.05, 4.69) is 56.0 Å². The van der Waals surface area contributed by atoms with Crippen molar-refractivity contribution < 1.29 is 0 Å². The molecule has 0 bridgehead atoms. The normalized spacial score (nSPS) is 11.0. The van der Waals surface area contributed by atoms with Crippen molar-refractivity contribution in [2.45, 2.75) is 6.42 Å². The lowest BCUT2D eigenvalue weighted by Gasteiger charge is -2.07. The number of fused-ring (bicyclic) bond motifs is 1. The van der Waals surface area contributed by atoms with E-state index >= 15 is 0 Å². The Balaban J connectivity index is 1.42. The molecule has 0 atom stereocenters. The summed E-state index contributed by atoms with van der Waals surface area (Å²) >= 11 is 1.69. The Hall–Kier alpha value is -2.66. The van der Waals surface area contributed by atoms with Crippen molar-refractivity contribution in [3.8, 4) is 10.6 Å². The van der Waals surface area contributed by atoms with Crippen molar-refractivity contribution in [1.82, 2.24) is 15.0 Å². The van der Waals surface area contributed by atoms with Gasteiger partial charge >= 0.3 is 0 Å². The van der Waals surface area contributed by atoms with Gasteiger partial charge in [-0.2, -0.15) is 0 Å². The van der Waals surface area contributed by atoms with Gasteiger partial charge in [-0.25, -0.2) is 9.97 Å². The molecule has 0 fully saturated rings. The van der Waals surface area contributed by atoms with Gasteiger partial charge in [0.05, 0.1) is 10.6 Å². The minimum absolute atomic E-state index is 0.840. The SMILES string of the molecule is c1csc(-c2cc(NCCc3ccc4cc[nH]c4c3)ncn2)c1. The zero-order chi connectivity index (χ0) is 15.5. The number of aromatic nitrogens is 3. The highest BCUT2D eigenvalue weighted by Gasteiger charge is 2.03. The maximum Gasteiger partial charge on any atom is 0.129 e. The van der Waals surface area contributed by atoms with Crippen molar-refractivity contribution in [3.63, 3.8) is 0 Å². The smallest absolute Gasteiger partial charge is 0.129 e. The molecule has 4 rings (SSSR count). The van der Waals surface area contributed by atoms with Crippen LogP contribution in [-0.2, 0) is 6.42 Å². The van der Waals surface area contributed by atoms with Crippen LogP contribution < -0.4 is 5.32 Å².